The van der Waals surface area contributed by atoms with Crippen molar-refractivity contribution >= 4 is 6.03 Å². The van der Waals surface area contributed by atoms with Gasteiger partial charge in [-0.1, -0.05) is 28.5 Å². The molecule has 3 rings (SSSR count). The number of hydrogen-bond donors (Lipinski definition) is 1. The predicted octanol–water partition coefficient (Wildman–Crippen LogP) is 2.94. The lowest BCUT2D eigenvalue weighted by atomic mass is 10.2. The first-order chi connectivity index (χ1) is 12.0. The highest BCUT2D eigenvalue weighted by Gasteiger charge is 2.19. The van der Waals surface area contributed by atoms with E-state index in [1.165, 1.54) is 4.90 Å². The summed E-state index contributed by atoms with van der Waals surface area (Å²) in [5, 5.41) is 10.7. The van der Waals surface area contributed by atoms with E-state index in [4.69, 9.17) is 9.05 Å². The van der Waals surface area contributed by atoms with Crippen molar-refractivity contribution < 1.29 is 13.8 Å². The van der Waals surface area contributed by atoms with Gasteiger partial charge in [-0.25, -0.2) is 4.79 Å². The summed E-state index contributed by atoms with van der Waals surface area (Å²) >= 11 is 0. The number of amides is 2. The summed E-state index contributed by atoms with van der Waals surface area (Å²) in [4.78, 5) is 18.1. The summed E-state index contributed by atoms with van der Waals surface area (Å²) in [5.41, 5.74) is 1.52. The summed E-state index contributed by atoms with van der Waals surface area (Å²) in [5.74, 6) is 1.54. The molecule has 2 heterocycles. The Bertz CT molecular complexity index is 843. The van der Waals surface area contributed by atoms with E-state index in [1.54, 1.807) is 27.0 Å². The maximum atomic E-state index is 12.3. The highest BCUT2D eigenvalue weighted by molar-refractivity contribution is 5.74. The second kappa shape index (κ2) is 7.16. The molecule has 2 amide bonds. The van der Waals surface area contributed by atoms with Gasteiger partial charge in [-0.2, -0.15) is 4.98 Å². The van der Waals surface area contributed by atoms with Crippen LogP contribution in [0.2, 0.25) is 0 Å². The maximum absolute atomic E-state index is 12.3. The molecule has 0 aliphatic carbocycles. The molecule has 0 fully saturated rings. The lowest BCUT2D eigenvalue weighted by molar-refractivity contribution is 0.201. The summed E-state index contributed by atoms with van der Waals surface area (Å²) in [6.45, 7) is 3.95. The molecule has 1 aromatic carbocycles. The number of aromatic nitrogens is 3. The Morgan fingerprint density at radius 3 is 2.68 bits per heavy atom. The molecule has 0 bridgehead atoms. The second-order valence-corrected chi connectivity index (χ2v) is 5.78. The van der Waals surface area contributed by atoms with E-state index < -0.39 is 6.04 Å². The van der Waals surface area contributed by atoms with Crippen molar-refractivity contribution in [3.8, 4) is 11.5 Å². The fourth-order valence-corrected chi connectivity index (χ4v) is 2.28. The number of carbonyl (C=O) groups is 1. The average molecular weight is 341 g/mol. The van der Waals surface area contributed by atoms with Crippen LogP contribution in [0.5, 0.6) is 0 Å². The minimum Gasteiger partial charge on any atom is -0.361 e. The maximum Gasteiger partial charge on any atom is 0.318 e. The lowest BCUT2D eigenvalue weighted by Gasteiger charge is -2.18. The molecule has 1 atom stereocenters. The fourth-order valence-electron chi connectivity index (χ4n) is 2.28. The van der Waals surface area contributed by atoms with E-state index in [9.17, 15) is 4.79 Å². The molecule has 1 N–H and O–H groups in total. The molecule has 0 saturated carbocycles. The van der Waals surface area contributed by atoms with Gasteiger partial charge >= 0.3 is 6.03 Å². The van der Waals surface area contributed by atoms with Crippen LogP contribution in [-0.2, 0) is 6.54 Å². The van der Waals surface area contributed by atoms with Crippen molar-refractivity contribution in [2.24, 2.45) is 0 Å². The van der Waals surface area contributed by atoms with Crippen LogP contribution in [0.15, 0.2) is 45.4 Å². The van der Waals surface area contributed by atoms with Gasteiger partial charge in [0, 0.05) is 18.7 Å². The average Bonchev–Trinajstić information content (AvgIpc) is 3.25. The van der Waals surface area contributed by atoms with Crippen LogP contribution in [0.4, 0.5) is 4.79 Å². The van der Waals surface area contributed by atoms with Gasteiger partial charge in [0.15, 0.2) is 5.82 Å². The number of nitrogens with one attached hydrogen (secondary N) is 1. The van der Waals surface area contributed by atoms with E-state index in [0.717, 1.165) is 5.56 Å². The summed E-state index contributed by atoms with van der Waals surface area (Å²) < 4.78 is 10.3. The molecular formula is C17H19N5O3. The lowest BCUT2D eigenvalue weighted by Crippen LogP contribution is -2.38. The molecule has 0 saturated heterocycles. The van der Waals surface area contributed by atoms with Gasteiger partial charge in [0.25, 0.3) is 5.89 Å². The van der Waals surface area contributed by atoms with Crippen molar-refractivity contribution in [3.05, 3.63) is 53.7 Å². The van der Waals surface area contributed by atoms with Crippen LogP contribution in [-0.4, -0.2) is 33.3 Å². The zero-order chi connectivity index (χ0) is 17.8. The summed E-state index contributed by atoms with van der Waals surface area (Å²) in [6.07, 6.45) is 0. The zero-order valence-corrected chi connectivity index (χ0v) is 14.3. The highest BCUT2D eigenvalue weighted by atomic mass is 16.5. The van der Waals surface area contributed by atoms with Gasteiger partial charge in [0.1, 0.15) is 11.5 Å². The molecule has 3 aromatic rings. The van der Waals surface area contributed by atoms with Crippen LogP contribution >= 0.6 is 0 Å². The minimum absolute atomic E-state index is 0.265. The van der Waals surface area contributed by atoms with Crippen molar-refractivity contribution in [1.82, 2.24) is 25.5 Å². The minimum atomic E-state index is -0.393. The van der Waals surface area contributed by atoms with Crippen molar-refractivity contribution in [1.29, 1.82) is 0 Å². The molecule has 2 aromatic heterocycles. The Morgan fingerprint density at radius 2 is 2.00 bits per heavy atom. The Balaban J connectivity index is 1.60. The fraction of sp³-hybridized carbons (Fsp3) is 0.294. The van der Waals surface area contributed by atoms with E-state index in [0.29, 0.717) is 29.7 Å². The Morgan fingerprint density at radius 1 is 1.24 bits per heavy atom. The van der Waals surface area contributed by atoms with Crippen LogP contribution < -0.4 is 5.32 Å². The van der Waals surface area contributed by atoms with Gasteiger partial charge in [0.2, 0.25) is 0 Å². The van der Waals surface area contributed by atoms with Crippen molar-refractivity contribution in [3.63, 3.8) is 0 Å². The third-order valence-electron chi connectivity index (χ3n) is 3.61. The van der Waals surface area contributed by atoms with Gasteiger partial charge in [-0.3, -0.25) is 0 Å². The van der Waals surface area contributed by atoms with Crippen molar-refractivity contribution in [2.45, 2.75) is 26.4 Å². The van der Waals surface area contributed by atoms with Gasteiger partial charge < -0.3 is 19.3 Å². The molecule has 0 aliphatic heterocycles. The SMILES string of the molecule is Cc1cc(CN(C)C(=O)N[C@H](C)c2noc(-c3ccccc3)n2)no1. The number of urea groups is 1. The number of rotatable bonds is 5. The van der Waals surface area contributed by atoms with Crippen molar-refractivity contribution in [2.75, 3.05) is 7.05 Å². The first-order valence-corrected chi connectivity index (χ1v) is 7.86. The number of aryl methyl sites for hydroxylation is 1. The van der Waals surface area contributed by atoms with Gasteiger partial charge in [-0.05, 0) is 26.0 Å². The molecule has 0 unspecified atom stereocenters. The summed E-state index contributed by atoms with van der Waals surface area (Å²) in [6, 6.07) is 10.6. The first kappa shape index (κ1) is 16.7. The first-order valence-electron chi connectivity index (χ1n) is 7.86. The molecule has 0 radical (unpaired) electrons. The van der Waals surface area contributed by atoms with E-state index >= 15 is 0 Å². The monoisotopic (exact) mass is 341 g/mol. The van der Waals surface area contributed by atoms with Crippen LogP contribution in [0.3, 0.4) is 0 Å². The standard InChI is InChI=1S/C17H19N5O3/c1-11-9-14(20-24-11)10-22(3)17(23)18-12(2)15-19-16(25-21-15)13-7-5-4-6-8-13/h4-9,12H,10H2,1-3H3,(H,18,23)/t12-/m1/s1. The number of hydrogen-bond acceptors (Lipinski definition) is 6. The molecule has 130 valence electrons. The molecular weight excluding hydrogens is 322 g/mol. The Kier molecular flexibility index (Phi) is 4.78. The summed E-state index contributed by atoms with van der Waals surface area (Å²) in [7, 11) is 1.68. The Hall–Kier alpha value is -3.16. The van der Waals surface area contributed by atoms with E-state index in [-0.39, 0.29) is 6.03 Å². The largest absolute Gasteiger partial charge is 0.361 e. The quantitative estimate of drug-likeness (QED) is 0.766. The Labute approximate surface area is 144 Å². The van der Waals surface area contributed by atoms with Crippen LogP contribution in [0, 0.1) is 6.92 Å². The second-order valence-electron chi connectivity index (χ2n) is 5.78. The number of carbonyl (C=O) groups excluding carboxylic acids is 1. The predicted molar refractivity (Wildman–Crippen MR) is 89.4 cm³/mol. The zero-order valence-electron chi connectivity index (χ0n) is 14.3. The number of benzene rings is 1. The van der Waals surface area contributed by atoms with Crippen LogP contribution in [0.25, 0.3) is 11.5 Å². The van der Waals surface area contributed by atoms with Gasteiger partial charge in [-0.15, -0.1) is 0 Å². The smallest absolute Gasteiger partial charge is 0.318 e. The molecule has 0 spiro atoms. The van der Waals surface area contributed by atoms with Gasteiger partial charge in [0.05, 0.1) is 12.6 Å². The normalized spacial score (nSPS) is 12.0. The third kappa shape index (κ3) is 4.03. The number of nitrogens with zero attached hydrogens (tertiary/aromatic N) is 4. The van der Waals surface area contributed by atoms with E-state index in [1.807, 2.05) is 30.3 Å². The molecule has 8 nitrogen and oxygen atoms in total. The highest BCUT2D eigenvalue weighted by Crippen LogP contribution is 2.18. The molecule has 0 aliphatic rings. The molecule has 8 heteroatoms. The van der Waals surface area contributed by atoms with E-state index in [2.05, 4.69) is 20.6 Å². The third-order valence-corrected chi connectivity index (χ3v) is 3.61. The molecule has 25 heavy (non-hydrogen) atoms. The topological polar surface area (TPSA) is 97.3 Å². The van der Waals surface area contributed by atoms with Crippen LogP contribution in [0.1, 0.15) is 30.2 Å².